The van der Waals surface area contributed by atoms with Gasteiger partial charge in [0.1, 0.15) is 5.69 Å². The molecule has 0 aliphatic carbocycles. The first kappa shape index (κ1) is 33.6. The number of aliphatic hydroxyl groups excluding tert-OH is 2. The zero-order valence-corrected chi connectivity index (χ0v) is 28.8. The number of aryl methyl sites for hydroxylation is 2. The molecule has 3 aromatic heterocycles. The Morgan fingerprint density at radius 2 is 1.91 bits per heavy atom. The molecular weight excluding hydrogens is 637 g/mol. The van der Waals surface area contributed by atoms with Gasteiger partial charge in [0, 0.05) is 36.1 Å². The first-order valence-corrected chi connectivity index (χ1v) is 17.9. The van der Waals surface area contributed by atoms with E-state index in [0.717, 1.165) is 52.4 Å². The van der Waals surface area contributed by atoms with Crippen LogP contribution in [0.5, 0.6) is 0 Å². The molecule has 248 valence electrons. The predicted molar refractivity (Wildman–Crippen MR) is 185 cm³/mol. The minimum atomic E-state index is -0.867. The second-order valence-corrected chi connectivity index (χ2v) is 15.6. The molecule has 6 rings (SSSR count). The van der Waals surface area contributed by atoms with Gasteiger partial charge in [-0.05, 0) is 78.0 Å². The van der Waals surface area contributed by atoms with Crippen LogP contribution in [0.3, 0.4) is 0 Å². The fourth-order valence-electron chi connectivity index (χ4n) is 6.46. The van der Waals surface area contributed by atoms with Crippen LogP contribution in [0.4, 0.5) is 8.78 Å². The van der Waals surface area contributed by atoms with Crippen molar-refractivity contribution in [2.45, 2.75) is 74.2 Å². The van der Waals surface area contributed by atoms with Gasteiger partial charge in [0.2, 0.25) is 0 Å². The molecule has 0 radical (unpaired) electrons. The van der Waals surface area contributed by atoms with Crippen LogP contribution in [-0.2, 0) is 25.3 Å². The summed E-state index contributed by atoms with van der Waals surface area (Å²) in [6.07, 6.45) is 6.19. The topological polar surface area (TPSA) is 99.9 Å². The highest BCUT2D eigenvalue weighted by molar-refractivity contribution is 7.99. The van der Waals surface area contributed by atoms with Crippen LogP contribution in [0, 0.1) is 17.0 Å². The number of H-pyrrole nitrogens is 1. The van der Waals surface area contributed by atoms with E-state index in [1.165, 1.54) is 11.8 Å². The fraction of sp³-hybridized carbons (Fsp3) is 0.417. The lowest BCUT2D eigenvalue weighted by Crippen LogP contribution is -2.27. The Balaban J connectivity index is 1.45. The first-order valence-electron chi connectivity index (χ1n) is 16.0. The molecule has 0 amide bonds. The molecule has 2 aromatic carbocycles. The van der Waals surface area contributed by atoms with Gasteiger partial charge in [0.15, 0.2) is 23.3 Å². The van der Waals surface area contributed by atoms with Crippen molar-refractivity contribution in [2.75, 3.05) is 18.1 Å². The molecule has 1 aliphatic rings. The zero-order valence-electron chi connectivity index (χ0n) is 27.2. The summed E-state index contributed by atoms with van der Waals surface area (Å²) in [6.45, 7) is 6.44. The van der Waals surface area contributed by atoms with Gasteiger partial charge in [-0.25, -0.2) is 18.4 Å². The van der Waals surface area contributed by atoms with E-state index in [-0.39, 0.29) is 17.5 Å². The molecule has 0 saturated carbocycles. The molecule has 3 N–H and O–H groups in total. The Morgan fingerprint density at radius 1 is 1.09 bits per heavy atom. The fourth-order valence-corrected chi connectivity index (χ4v) is 8.70. The monoisotopic (exact) mass is 677 g/mol. The summed E-state index contributed by atoms with van der Waals surface area (Å²) in [6, 6.07) is 13.6. The van der Waals surface area contributed by atoms with Crippen molar-refractivity contribution in [1.29, 1.82) is 0 Å². The molecule has 47 heavy (non-hydrogen) atoms. The van der Waals surface area contributed by atoms with E-state index in [1.807, 2.05) is 43.1 Å². The molecular formula is C36H41F2N5O2S2. The molecule has 4 bridgehead atoms. The minimum Gasteiger partial charge on any atom is -0.394 e. The first-order chi connectivity index (χ1) is 22.5. The standard InChI is InChI=1S/C36H41F2N5O2S2/c1-35(2)12-6-13-36(3,23-8-5-7-22(17-23)18-24(45)20-44)34-41-33(43(4)42-34)28-19-25(9-14-39-28)47-32-27(11-16-46-21-35)26-10-15-40-31(26)29(37)30(32)38/h5,7-10,14-15,17,19,24,40,44-45H,6,11-13,16,18,20-21H2,1-4H3/t24?,36-/m1/s1. The molecule has 11 heteroatoms. The number of aromatic nitrogens is 5. The number of pyridine rings is 1. The molecule has 0 spiro atoms. The van der Waals surface area contributed by atoms with Crippen molar-refractivity contribution in [3.63, 3.8) is 0 Å². The highest BCUT2D eigenvalue weighted by atomic mass is 32.2. The van der Waals surface area contributed by atoms with E-state index in [2.05, 4.69) is 42.9 Å². The molecule has 0 saturated heterocycles. The van der Waals surface area contributed by atoms with Crippen LogP contribution in [0.25, 0.3) is 22.4 Å². The van der Waals surface area contributed by atoms with Crippen molar-refractivity contribution in [2.24, 2.45) is 12.5 Å². The summed E-state index contributed by atoms with van der Waals surface area (Å²) in [4.78, 5) is 13.6. The van der Waals surface area contributed by atoms with E-state index in [1.54, 1.807) is 23.1 Å². The number of aromatic amines is 1. The van der Waals surface area contributed by atoms with E-state index in [9.17, 15) is 10.2 Å². The van der Waals surface area contributed by atoms with Crippen LogP contribution >= 0.6 is 23.5 Å². The van der Waals surface area contributed by atoms with Crippen molar-refractivity contribution < 1.29 is 19.0 Å². The maximum absolute atomic E-state index is 15.7. The molecule has 7 nitrogen and oxygen atoms in total. The minimum absolute atomic E-state index is 0.0448. The number of halogens is 2. The Bertz CT molecular complexity index is 1890. The van der Waals surface area contributed by atoms with E-state index >= 15 is 8.78 Å². The van der Waals surface area contributed by atoms with Gasteiger partial charge in [0.05, 0.1) is 28.5 Å². The van der Waals surface area contributed by atoms with Crippen LogP contribution < -0.4 is 0 Å². The summed E-state index contributed by atoms with van der Waals surface area (Å²) in [5.74, 6) is 1.24. The maximum Gasteiger partial charge on any atom is 0.184 e. The highest BCUT2D eigenvalue weighted by Crippen LogP contribution is 2.42. The third kappa shape index (κ3) is 6.99. The summed E-state index contributed by atoms with van der Waals surface area (Å²) in [7, 11) is 1.84. The molecule has 5 aromatic rings. The van der Waals surface area contributed by atoms with Crippen LogP contribution in [0.15, 0.2) is 64.6 Å². The van der Waals surface area contributed by atoms with Crippen molar-refractivity contribution in [3.05, 3.63) is 89.0 Å². The Hall–Kier alpha value is -3.25. The van der Waals surface area contributed by atoms with Crippen LogP contribution in [0.2, 0.25) is 0 Å². The van der Waals surface area contributed by atoms with Crippen LogP contribution in [-0.4, -0.2) is 59.2 Å². The van der Waals surface area contributed by atoms with Gasteiger partial charge in [0.25, 0.3) is 0 Å². The number of nitrogens with zero attached hydrogens (tertiary/aromatic N) is 4. The summed E-state index contributed by atoms with van der Waals surface area (Å²) >= 11 is 3.06. The lowest BCUT2D eigenvalue weighted by Gasteiger charge is -2.31. The number of hydrogen-bond donors (Lipinski definition) is 3. The number of benzene rings is 2. The maximum atomic E-state index is 15.7. The second kappa shape index (κ2) is 13.7. The van der Waals surface area contributed by atoms with Crippen molar-refractivity contribution >= 4 is 34.4 Å². The van der Waals surface area contributed by atoms with Crippen LogP contribution in [0.1, 0.15) is 62.5 Å². The van der Waals surface area contributed by atoms with E-state index in [4.69, 9.17) is 10.1 Å². The third-order valence-corrected chi connectivity index (χ3v) is 11.8. The zero-order chi connectivity index (χ0) is 33.3. The number of fused-ring (bicyclic) bond motifs is 8. The normalized spacial score (nSPS) is 19.6. The summed E-state index contributed by atoms with van der Waals surface area (Å²) < 4.78 is 32.7. The molecule has 0 fully saturated rings. The Morgan fingerprint density at radius 3 is 2.72 bits per heavy atom. The lowest BCUT2D eigenvalue weighted by atomic mass is 9.75. The van der Waals surface area contributed by atoms with Crippen molar-refractivity contribution in [3.8, 4) is 11.5 Å². The van der Waals surface area contributed by atoms with E-state index in [0.29, 0.717) is 40.5 Å². The smallest absolute Gasteiger partial charge is 0.184 e. The number of thioether (sulfide) groups is 1. The average Bonchev–Trinajstić information content (AvgIpc) is 3.70. The summed E-state index contributed by atoms with van der Waals surface area (Å²) in [5, 5.41) is 25.2. The Labute approximate surface area is 282 Å². The second-order valence-electron chi connectivity index (χ2n) is 13.5. The number of nitrogens with one attached hydrogen (secondary N) is 1. The number of aliphatic hydroxyl groups is 2. The number of hydrogen-bond acceptors (Lipinski definition) is 7. The molecule has 1 aliphatic heterocycles. The summed E-state index contributed by atoms with van der Waals surface area (Å²) in [5.41, 5.74) is 3.07. The lowest BCUT2D eigenvalue weighted by molar-refractivity contribution is 0.0955. The average molecular weight is 678 g/mol. The van der Waals surface area contributed by atoms with Gasteiger partial charge < -0.3 is 15.2 Å². The van der Waals surface area contributed by atoms with Gasteiger partial charge in [-0.1, -0.05) is 56.3 Å². The van der Waals surface area contributed by atoms with Gasteiger partial charge in [-0.3, -0.25) is 4.98 Å². The number of rotatable bonds is 4. The van der Waals surface area contributed by atoms with Crippen molar-refractivity contribution in [1.82, 2.24) is 24.7 Å². The van der Waals surface area contributed by atoms with E-state index < -0.39 is 23.2 Å². The van der Waals surface area contributed by atoms with Gasteiger partial charge >= 0.3 is 0 Å². The molecule has 4 heterocycles. The van der Waals surface area contributed by atoms with Gasteiger partial charge in [-0.2, -0.15) is 16.9 Å². The SMILES string of the molecule is Cn1nc2nc1-c1cc(ccn1)Sc1c(F)c(F)c3[nH]ccc3c1CCSCC(C)(C)CCC[C@]2(C)c1cccc(CC(O)CO)c1. The quantitative estimate of drug-likeness (QED) is 0.182. The van der Waals surface area contributed by atoms with Gasteiger partial charge in [-0.15, -0.1) is 0 Å². The highest BCUT2D eigenvalue weighted by Gasteiger charge is 2.35. The molecule has 1 unspecified atom stereocenters. The molecule has 2 atom stereocenters. The third-order valence-electron chi connectivity index (χ3n) is 9.16. The predicted octanol–water partition coefficient (Wildman–Crippen LogP) is 7.48. The largest absolute Gasteiger partial charge is 0.394 e. The Kier molecular flexibility index (Phi) is 9.81.